The Kier molecular flexibility index (Phi) is 6.48. The Morgan fingerprint density at radius 2 is 1.60 bits per heavy atom. The van der Waals surface area contributed by atoms with E-state index in [1.165, 1.54) is 37.9 Å². The Morgan fingerprint density at radius 3 is 2.24 bits per heavy atom. The van der Waals surface area contributed by atoms with Crippen LogP contribution in [0.4, 0.5) is 0 Å². The molecular formula is C22H30NO2+. The topological polar surface area (TPSA) is 33.9 Å². The molecule has 3 heteroatoms. The summed E-state index contributed by atoms with van der Waals surface area (Å²) in [5.41, 5.74) is 2.19. The van der Waals surface area contributed by atoms with Gasteiger partial charge in [-0.3, -0.25) is 0 Å². The molecule has 1 fully saturated rings. The molecule has 0 bridgehead atoms. The number of rotatable bonds is 7. The van der Waals surface area contributed by atoms with Gasteiger partial charge in [-0.25, -0.2) is 0 Å². The number of piperidine rings is 1. The van der Waals surface area contributed by atoms with Gasteiger partial charge in [0.25, 0.3) is 0 Å². The van der Waals surface area contributed by atoms with Gasteiger partial charge < -0.3 is 14.7 Å². The first kappa shape index (κ1) is 18.0. The summed E-state index contributed by atoms with van der Waals surface area (Å²) in [6.07, 6.45) is 3.46. The number of benzene rings is 2. The van der Waals surface area contributed by atoms with Crippen LogP contribution in [0.3, 0.4) is 0 Å². The van der Waals surface area contributed by atoms with Crippen LogP contribution >= 0.6 is 0 Å². The van der Waals surface area contributed by atoms with E-state index in [4.69, 9.17) is 4.74 Å². The molecule has 2 N–H and O–H groups in total. The van der Waals surface area contributed by atoms with Crippen LogP contribution in [0.5, 0.6) is 5.75 Å². The SMILES string of the molecule is CCOc1ccc([C@H](O)[C@@H](C[NH+]2CCCCC2)c2ccccc2)cc1. The zero-order valence-electron chi connectivity index (χ0n) is 15.2. The molecule has 3 rings (SSSR count). The lowest BCUT2D eigenvalue weighted by Gasteiger charge is -2.30. The fourth-order valence-corrected chi connectivity index (χ4v) is 3.84. The van der Waals surface area contributed by atoms with Crippen molar-refractivity contribution in [2.45, 2.75) is 38.2 Å². The molecule has 25 heavy (non-hydrogen) atoms. The predicted octanol–water partition coefficient (Wildman–Crippen LogP) is 2.97. The molecular weight excluding hydrogens is 310 g/mol. The number of ether oxygens (including phenoxy) is 1. The summed E-state index contributed by atoms with van der Waals surface area (Å²) in [6.45, 7) is 6.07. The van der Waals surface area contributed by atoms with Gasteiger partial charge in [0.05, 0.1) is 38.3 Å². The third-order valence-electron chi connectivity index (χ3n) is 5.21. The Morgan fingerprint density at radius 1 is 0.920 bits per heavy atom. The fourth-order valence-electron chi connectivity index (χ4n) is 3.84. The highest BCUT2D eigenvalue weighted by Crippen LogP contribution is 2.31. The van der Waals surface area contributed by atoms with Crippen LogP contribution in [0.1, 0.15) is 49.3 Å². The maximum atomic E-state index is 11.1. The lowest BCUT2D eigenvalue weighted by molar-refractivity contribution is -0.906. The second-order valence-electron chi connectivity index (χ2n) is 6.98. The van der Waals surface area contributed by atoms with Gasteiger partial charge in [0, 0.05) is 0 Å². The quantitative estimate of drug-likeness (QED) is 0.812. The van der Waals surface area contributed by atoms with E-state index in [-0.39, 0.29) is 5.92 Å². The summed E-state index contributed by atoms with van der Waals surface area (Å²) in [4.78, 5) is 1.62. The van der Waals surface area contributed by atoms with Crippen molar-refractivity contribution >= 4 is 0 Å². The Balaban J connectivity index is 1.79. The highest BCUT2D eigenvalue weighted by molar-refractivity contribution is 5.31. The summed E-state index contributed by atoms with van der Waals surface area (Å²) < 4.78 is 5.52. The second-order valence-corrected chi connectivity index (χ2v) is 6.98. The summed E-state index contributed by atoms with van der Waals surface area (Å²) >= 11 is 0. The van der Waals surface area contributed by atoms with Crippen molar-refractivity contribution < 1.29 is 14.7 Å². The Bertz CT molecular complexity index is 620. The van der Waals surface area contributed by atoms with Gasteiger partial charge in [-0.1, -0.05) is 42.5 Å². The van der Waals surface area contributed by atoms with E-state index >= 15 is 0 Å². The van der Waals surface area contributed by atoms with E-state index in [0.717, 1.165) is 17.9 Å². The molecule has 2 aromatic rings. The molecule has 0 radical (unpaired) electrons. The number of aliphatic hydroxyl groups excluding tert-OH is 1. The van der Waals surface area contributed by atoms with Crippen LogP contribution in [-0.2, 0) is 0 Å². The number of quaternary nitrogens is 1. The Labute approximate surface area is 151 Å². The molecule has 0 saturated carbocycles. The number of hydrogen-bond acceptors (Lipinski definition) is 2. The minimum Gasteiger partial charge on any atom is -0.494 e. The van der Waals surface area contributed by atoms with Crippen LogP contribution in [0.15, 0.2) is 54.6 Å². The average molecular weight is 340 g/mol. The van der Waals surface area contributed by atoms with Crippen molar-refractivity contribution in [2.24, 2.45) is 0 Å². The largest absolute Gasteiger partial charge is 0.494 e. The smallest absolute Gasteiger partial charge is 0.119 e. The van der Waals surface area contributed by atoms with Gasteiger partial charge in [0.1, 0.15) is 5.75 Å². The first-order valence-corrected chi connectivity index (χ1v) is 9.57. The number of likely N-dealkylation sites (tertiary alicyclic amines) is 1. The molecule has 1 aliphatic rings. The molecule has 2 atom stereocenters. The maximum absolute atomic E-state index is 11.1. The molecule has 134 valence electrons. The van der Waals surface area contributed by atoms with E-state index in [0.29, 0.717) is 6.61 Å². The van der Waals surface area contributed by atoms with E-state index in [1.54, 1.807) is 4.90 Å². The lowest BCUT2D eigenvalue weighted by atomic mass is 9.88. The molecule has 0 aromatic heterocycles. The summed E-state index contributed by atoms with van der Waals surface area (Å²) in [7, 11) is 0. The molecule has 0 aliphatic carbocycles. The zero-order chi connectivity index (χ0) is 17.5. The molecule has 2 aromatic carbocycles. The molecule has 0 spiro atoms. The van der Waals surface area contributed by atoms with E-state index in [9.17, 15) is 5.11 Å². The molecule has 0 unspecified atom stereocenters. The van der Waals surface area contributed by atoms with E-state index in [2.05, 4.69) is 24.3 Å². The van der Waals surface area contributed by atoms with Crippen LogP contribution < -0.4 is 9.64 Å². The monoisotopic (exact) mass is 340 g/mol. The van der Waals surface area contributed by atoms with Gasteiger partial charge >= 0.3 is 0 Å². The van der Waals surface area contributed by atoms with Crippen LogP contribution in [-0.4, -0.2) is 31.3 Å². The van der Waals surface area contributed by atoms with Crippen LogP contribution in [0.2, 0.25) is 0 Å². The molecule has 1 aliphatic heterocycles. The first-order chi connectivity index (χ1) is 12.3. The van der Waals surface area contributed by atoms with Crippen molar-refractivity contribution in [2.75, 3.05) is 26.2 Å². The van der Waals surface area contributed by atoms with Crippen LogP contribution in [0.25, 0.3) is 0 Å². The summed E-state index contributed by atoms with van der Waals surface area (Å²) in [5.74, 6) is 0.976. The van der Waals surface area contributed by atoms with Crippen LogP contribution in [0, 0.1) is 0 Å². The van der Waals surface area contributed by atoms with Crippen molar-refractivity contribution in [1.82, 2.24) is 0 Å². The third-order valence-corrected chi connectivity index (χ3v) is 5.21. The molecule has 0 amide bonds. The highest BCUT2D eigenvalue weighted by atomic mass is 16.5. The standard InChI is InChI=1S/C22H29NO2/c1-2-25-20-13-11-19(12-14-20)22(24)21(18-9-5-3-6-10-18)17-23-15-7-4-8-16-23/h3,5-6,9-14,21-22,24H,2,4,7-8,15-17H2,1H3/p+1/t21-,22-/m0/s1. The van der Waals surface area contributed by atoms with Crippen molar-refractivity contribution in [3.63, 3.8) is 0 Å². The van der Waals surface area contributed by atoms with Gasteiger partial charge in [-0.15, -0.1) is 0 Å². The molecule has 1 saturated heterocycles. The number of nitrogens with one attached hydrogen (secondary N) is 1. The van der Waals surface area contributed by atoms with Crippen molar-refractivity contribution in [3.8, 4) is 5.75 Å². The van der Waals surface area contributed by atoms with E-state index < -0.39 is 6.10 Å². The predicted molar refractivity (Wildman–Crippen MR) is 101 cm³/mol. The van der Waals surface area contributed by atoms with Gasteiger partial charge in [-0.2, -0.15) is 0 Å². The van der Waals surface area contributed by atoms with Crippen molar-refractivity contribution in [3.05, 3.63) is 65.7 Å². The minimum absolute atomic E-state index is 0.118. The van der Waals surface area contributed by atoms with Gasteiger partial charge in [0.15, 0.2) is 0 Å². The van der Waals surface area contributed by atoms with Crippen molar-refractivity contribution in [1.29, 1.82) is 0 Å². The minimum atomic E-state index is -0.493. The summed E-state index contributed by atoms with van der Waals surface area (Å²) in [5, 5.41) is 11.1. The normalized spacial score (nSPS) is 17.8. The second kappa shape index (κ2) is 9.02. The maximum Gasteiger partial charge on any atom is 0.119 e. The summed E-state index contributed by atoms with van der Waals surface area (Å²) in [6, 6.07) is 18.4. The first-order valence-electron chi connectivity index (χ1n) is 9.57. The fraction of sp³-hybridized carbons (Fsp3) is 0.455. The number of aliphatic hydroxyl groups is 1. The highest BCUT2D eigenvalue weighted by Gasteiger charge is 2.28. The zero-order valence-corrected chi connectivity index (χ0v) is 15.2. The Hall–Kier alpha value is -1.84. The van der Waals surface area contributed by atoms with Gasteiger partial charge in [0.2, 0.25) is 0 Å². The third kappa shape index (κ3) is 4.83. The molecule has 3 nitrogen and oxygen atoms in total. The van der Waals surface area contributed by atoms with Gasteiger partial charge in [-0.05, 0) is 49.4 Å². The average Bonchev–Trinajstić information content (AvgIpc) is 2.68. The lowest BCUT2D eigenvalue weighted by Crippen LogP contribution is -3.13. The molecule has 1 heterocycles. The van der Waals surface area contributed by atoms with E-state index in [1.807, 2.05) is 37.3 Å². The number of hydrogen-bond donors (Lipinski definition) is 2.